The molecule has 0 aromatic heterocycles. The van der Waals surface area contributed by atoms with Crippen molar-refractivity contribution in [3.8, 4) is 0 Å². The lowest BCUT2D eigenvalue weighted by atomic mass is 10.1. The van der Waals surface area contributed by atoms with Gasteiger partial charge in [-0.3, -0.25) is 9.59 Å². The third kappa shape index (κ3) is 5.31. The smallest absolute Gasteiger partial charge is 0.243 e. The van der Waals surface area contributed by atoms with Gasteiger partial charge in [0.25, 0.3) is 0 Å². The van der Waals surface area contributed by atoms with E-state index in [-0.39, 0.29) is 30.5 Å². The van der Waals surface area contributed by atoms with Gasteiger partial charge in [0.2, 0.25) is 11.8 Å². The Kier molecular flexibility index (Phi) is 6.58. The van der Waals surface area contributed by atoms with E-state index in [0.717, 1.165) is 0 Å². The summed E-state index contributed by atoms with van der Waals surface area (Å²) in [5.74, 6) is -1.000. The lowest BCUT2D eigenvalue weighted by Crippen LogP contribution is -2.37. The number of carbonyl (C=O) groups is 3. The lowest BCUT2D eigenvalue weighted by molar-refractivity contribution is -0.127. The molecule has 0 fully saturated rings. The molecular weight excluding hydrogens is 278 g/mol. The van der Waals surface area contributed by atoms with Gasteiger partial charge in [-0.15, -0.1) is 0 Å². The third-order valence-electron chi connectivity index (χ3n) is 2.57. The van der Waals surface area contributed by atoms with E-state index >= 15 is 0 Å². The first kappa shape index (κ1) is 16.0. The van der Waals surface area contributed by atoms with Gasteiger partial charge in [0.1, 0.15) is 6.29 Å². The van der Waals surface area contributed by atoms with E-state index < -0.39 is 5.92 Å². The second-order valence-corrected chi connectivity index (χ2v) is 4.54. The van der Waals surface area contributed by atoms with E-state index in [1.54, 1.807) is 24.3 Å². The van der Waals surface area contributed by atoms with Crippen molar-refractivity contribution in [2.24, 2.45) is 5.92 Å². The average Bonchev–Trinajstić information content (AvgIpc) is 2.42. The Balaban J connectivity index is 2.43. The molecule has 0 spiro atoms. The molecule has 0 saturated carbocycles. The zero-order valence-corrected chi connectivity index (χ0v) is 11.7. The van der Waals surface area contributed by atoms with Gasteiger partial charge in [-0.1, -0.05) is 6.07 Å². The number of nitrogens with one attached hydrogen (secondary N) is 2. The number of rotatable bonds is 7. The predicted octanol–water partition coefficient (Wildman–Crippen LogP) is 0.458. The number of thiol groups is 1. The number of anilines is 2. The van der Waals surface area contributed by atoms with Crippen LogP contribution in [0.1, 0.15) is 6.42 Å². The minimum Gasteiger partial charge on any atom is -0.399 e. The number of nitrogen functional groups attached to an aromatic ring is 1. The van der Waals surface area contributed by atoms with E-state index in [0.29, 0.717) is 17.7 Å². The maximum Gasteiger partial charge on any atom is 0.243 e. The van der Waals surface area contributed by atoms with Crippen LogP contribution in [-0.2, 0) is 14.4 Å². The maximum atomic E-state index is 11.7. The Labute approximate surface area is 122 Å². The van der Waals surface area contributed by atoms with Crippen LogP contribution in [0.2, 0.25) is 0 Å². The lowest BCUT2D eigenvalue weighted by Gasteiger charge is -2.12. The zero-order valence-electron chi connectivity index (χ0n) is 10.8. The second-order valence-electron chi connectivity index (χ2n) is 4.17. The summed E-state index contributed by atoms with van der Waals surface area (Å²) in [5.41, 5.74) is 6.68. The minimum atomic E-state index is -0.518. The predicted molar refractivity (Wildman–Crippen MR) is 80.5 cm³/mol. The van der Waals surface area contributed by atoms with Gasteiger partial charge in [-0.25, -0.2) is 0 Å². The van der Waals surface area contributed by atoms with E-state index in [2.05, 4.69) is 23.3 Å². The fourth-order valence-corrected chi connectivity index (χ4v) is 1.83. The highest BCUT2D eigenvalue weighted by molar-refractivity contribution is 7.80. The van der Waals surface area contributed by atoms with Crippen molar-refractivity contribution in [1.82, 2.24) is 5.32 Å². The van der Waals surface area contributed by atoms with Crippen molar-refractivity contribution >= 4 is 42.1 Å². The molecule has 108 valence electrons. The van der Waals surface area contributed by atoms with E-state index in [9.17, 15) is 14.4 Å². The first-order valence-corrected chi connectivity index (χ1v) is 6.67. The Morgan fingerprint density at radius 1 is 1.40 bits per heavy atom. The molecule has 2 amide bonds. The van der Waals surface area contributed by atoms with Crippen LogP contribution in [0.4, 0.5) is 11.4 Å². The molecule has 0 aliphatic heterocycles. The number of hydrogen-bond donors (Lipinski definition) is 4. The van der Waals surface area contributed by atoms with Gasteiger partial charge in [-0.2, -0.15) is 12.6 Å². The van der Waals surface area contributed by atoms with Gasteiger partial charge >= 0.3 is 0 Å². The summed E-state index contributed by atoms with van der Waals surface area (Å²) in [5, 5.41) is 5.07. The highest BCUT2D eigenvalue weighted by Crippen LogP contribution is 2.11. The third-order valence-corrected chi connectivity index (χ3v) is 3.01. The Morgan fingerprint density at radius 3 is 2.75 bits per heavy atom. The zero-order chi connectivity index (χ0) is 15.0. The largest absolute Gasteiger partial charge is 0.399 e. The van der Waals surface area contributed by atoms with Crippen LogP contribution in [0.15, 0.2) is 24.3 Å². The van der Waals surface area contributed by atoms with E-state index in [1.165, 1.54) is 0 Å². The number of aldehydes is 1. The van der Waals surface area contributed by atoms with E-state index in [4.69, 9.17) is 5.73 Å². The van der Waals surface area contributed by atoms with Gasteiger partial charge < -0.3 is 21.2 Å². The molecule has 1 aromatic rings. The monoisotopic (exact) mass is 295 g/mol. The molecule has 7 heteroatoms. The normalized spacial score (nSPS) is 11.4. The molecule has 6 nitrogen and oxygen atoms in total. The summed E-state index contributed by atoms with van der Waals surface area (Å²) in [6.07, 6.45) is 0.749. The molecule has 1 aromatic carbocycles. The number of amides is 2. The summed E-state index contributed by atoms with van der Waals surface area (Å²) in [6, 6.07) is 6.72. The Bertz CT molecular complexity index is 494. The molecule has 0 radical (unpaired) electrons. The number of hydrogen-bond acceptors (Lipinski definition) is 5. The molecule has 0 aliphatic rings. The summed E-state index contributed by atoms with van der Waals surface area (Å²) in [6.45, 7) is -0.170. The molecule has 0 saturated heterocycles. The van der Waals surface area contributed by atoms with Crippen LogP contribution in [0.5, 0.6) is 0 Å². The van der Waals surface area contributed by atoms with Gasteiger partial charge in [0.05, 0.1) is 12.5 Å². The molecule has 0 aliphatic carbocycles. The second kappa shape index (κ2) is 8.21. The van der Waals surface area contributed by atoms with Crippen LogP contribution < -0.4 is 16.4 Å². The van der Waals surface area contributed by atoms with Crippen molar-refractivity contribution in [3.05, 3.63) is 24.3 Å². The number of benzene rings is 1. The molecule has 20 heavy (non-hydrogen) atoms. The van der Waals surface area contributed by atoms with Crippen molar-refractivity contribution in [2.45, 2.75) is 6.42 Å². The fourth-order valence-electron chi connectivity index (χ4n) is 1.51. The molecule has 0 bridgehead atoms. The molecule has 1 unspecified atom stereocenters. The average molecular weight is 295 g/mol. The fraction of sp³-hybridized carbons (Fsp3) is 0.308. The van der Waals surface area contributed by atoms with Crippen LogP contribution in [0, 0.1) is 5.92 Å². The Morgan fingerprint density at radius 2 is 2.15 bits per heavy atom. The quantitative estimate of drug-likeness (QED) is 0.333. The summed E-state index contributed by atoms with van der Waals surface area (Å²) in [4.78, 5) is 33.7. The first-order chi connectivity index (χ1) is 9.56. The van der Waals surface area contributed by atoms with E-state index in [1.807, 2.05) is 0 Å². The summed E-state index contributed by atoms with van der Waals surface area (Å²) >= 11 is 3.99. The van der Waals surface area contributed by atoms with Crippen molar-refractivity contribution in [2.75, 3.05) is 23.3 Å². The van der Waals surface area contributed by atoms with Crippen LogP contribution in [0.25, 0.3) is 0 Å². The minimum absolute atomic E-state index is 0.0895. The standard InChI is InChI=1S/C13H17N3O3S/c14-10-2-1-3-11(6-10)16-12(18)7-15-13(19)9(8-20)4-5-17/h1-3,5-6,9,20H,4,7-8,14H2,(H,15,19)(H,16,18). The van der Waals surface area contributed by atoms with Crippen LogP contribution in [0.3, 0.4) is 0 Å². The first-order valence-electron chi connectivity index (χ1n) is 6.04. The van der Waals surface area contributed by atoms with Crippen molar-refractivity contribution < 1.29 is 14.4 Å². The molecule has 4 N–H and O–H groups in total. The summed E-state index contributed by atoms with van der Waals surface area (Å²) < 4.78 is 0. The molecule has 0 heterocycles. The highest BCUT2D eigenvalue weighted by Gasteiger charge is 2.16. The maximum absolute atomic E-state index is 11.7. The van der Waals surface area contributed by atoms with Gasteiger partial charge in [0.15, 0.2) is 0 Å². The molecular formula is C13H17N3O3S. The van der Waals surface area contributed by atoms with Gasteiger partial charge in [-0.05, 0) is 18.2 Å². The SMILES string of the molecule is Nc1cccc(NC(=O)CNC(=O)C(CS)CC=O)c1. The topological polar surface area (TPSA) is 101 Å². The highest BCUT2D eigenvalue weighted by atomic mass is 32.1. The van der Waals surface area contributed by atoms with Crippen LogP contribution >= 0.6 is 12.6 Å². The summed E-state index contributed by atoms with van der Waals surface area (Å²) in [7, 11) is 0. The van der Waals surface area contributed by atoms with Crippen molar-refractivity contribution in [1.29, 1.82) is 0 Å². The van der Waals surface area contributed by atoms with Crippen molar-refractivity contribution in [3.63, 3.8) is 0 Å². The molecule has 1 rings (SSSR count). The number of nitrogens with two attached hydrogens (primary N) is 1. The molecule has 1 atom stereocenters. The Hall–Kier alpha value is -2.02. The van der Waals surface area contributed by atoms with Crippen LogP contribution in [-0.4, -0.2) is 30.4 Å². The number of carbonyl (C=O) groups excluding carboxylic acids is 3. The van der Waals surface area contributed by atoms with Gasteiger partial charge in [0, 0.05) is 23.5 Å².